The Morgan fingerprint density at radius 2 is 1.67 bits per heavy atom. The van der Waals surface area contributed by atoms with Crippen molar-refractivity contribution < 1.29 is 14.7 Å². The summed E-state index contributed by atoms with van der Waals surface area (Å²) < 4.78 is 0. The van der Waals surface area contributed by atoms with Gasteiger partial charge in [0.05, 0.1) is 6.42 Å². The Labute approximate surface area is 128 Å². The van der Waals surface area contributed by atoms with E-state index in [1.54, 1.807) is 0 Å². The smallest absolute Gasteiger partial charge is 0.315 e. The average Bonchev–Trinajstić information content (AvgIpc) is 2.33. The van der Waals surface area contributed by atoms with Gasteiger partial charge in [-0.15, -0.1) is 0 Å². The summed E-state index contributed by atoms with van der Waals surface area (Å²) >= 11 is 0. The third-order valence-corrected chi connectivity index (χ3v) is 3.53. The molecule has 0 aliphatic heterocycles. The maximum Gasteiger partial charge on any atom is 0.315 e. The van der Waals surface area contributed by atoms with Gasteiger partial charge in [-0.25, -0.2) is 4.79 Å². The molecule has 0 saturated carbocycles. The first-order valence-electron chi connectivity index (χ1n) is 7.61. The molecule has 2 amide bonds. The second kappa shape index (κ2) is 8.87. The van der Waals surface area contributed by atoms with Crippen molar-refractivity contribution in [1.82, 2.24) is 15.5 Å². The zero-order valence-corrected chi connectivity index (χ0v) is 14.2. The standard InChI is InChI=1S/C15H31N3O3/c1-7-18(8-2)10-11(3)16-14(21)17-12(9-13(19)20)15(4,5)6/h11-12H,7-10H2,1-6H3,(H,19,20)(H2,16,17,21). The summed E-state index contributed by atoms with van der Waals surface area (Å²) in [5, 5.41) is 14.6. The molecule has 124 valence electrons. The summed E-state index contributed by atoms with van der Waals surface area (Å²) in [5.74, 6) is -0.911. The van der Waals surface area contributed by atoms with Crippen molar-refractivity contribution >= 4 is 12.0 Å². The summed E-state index contributed by atoms with van der Waals surface area (Å²) in [6.45, 7) is 14.5. The van der Waals surface area contributed by atoms with Gasteiger partial charge in [-0.05, 0) is 25.4 Å². The van der Waals surface area contributed by atoms with E-state index in [0.29, 0.717) is 0 Å². The highest BCUT2D eigenvalue weighted by Gasteiger charge is 2.28. The first-order valence-corrected chi connectivity index (χ1v) is 7.61. The van der Waals surface area contributed by atoms with Gasteiger partial charge in [0.2, 0.25) is 0 Å². The number of likely N-dealkylation sites (N-methyl/N-ethyl adjacent to an activating group) is 1. The van der Waals surface area contributed by atoms with Crippen LogP contribution in [0.25, 0.3) is 0 Å². The van der Waals surface area contributed by atoms with Crippen LogP contribution in [0.1, 0.15) is 48.0 Å². The molecule has 0 aliphatic carbocycles. The number of amides is 2. The number of carboxylic acid groups (broad SMARTS) is 1. The van der Waals surface area contributed by atoms with Gasteiger partial charge in [-0.3, -0.25) is 4.79 Å². The van der Waals surface area contributed by atoms with Crippen LogP contribution in [0.2, 0.25) is 0 Å². The molecule has 0 aromatic rings. The van der Waals surface area contributed by atoms with Gasteiger partial charge >= 0.3 is 12.0 Å². The molecule has 0 radical (unpaired) electrons. The summed E-state index contributed by atoms with van der Waals surface area (Å²) in [4.78, 5) is 25.1. The largest absolute Gasteiger partial charge is 0.481 e. The molecule has 21 heavy (non-hydrogen) atoms. The number of rotatable bonds is 8. The molecule has 0 saturated heterocycles. The van der Waals surface area contributed by atoms with E-state index < -0.39 is 12.0 Å². The number of nitrogens with one attached hydrogen (secondary N) is 2. The molecule has 0 aromatic heterocycles. The maximum absolute atomic E-state index is 12.0. The van der Waals surface area contributed by atoms with Crippen LogP contribution >= 0.6 is 0 Å². The van der Waals surface area contributed by atoms with E-state index >= 15 is 0 Å². The summed E-state index contributed by atoms with van der Waals surface area (Å²) in [7, 11) is 0. The fourth-order valence-corrected chi connectivity index (χ4v) is 2.09. The Balaban J connectivity index is 4.46. The highest BCUT2D eigenvalue weighted by Crippen LogP contribution is 2.21. The second-order valence-corrected chi connectivity index (χ2v) is 6.52. The first-order chi connectivity index (χ1) is 9.59. The van der Waals surface area contributed by atoms with Crippen molar-refractivity contribution in [2.24, 2.45) is 5.41 Å². The van der Waals surface area contributed by atoms with E-state index in [1.165, 1.54) is 0 Å². The van der Waals surface area contributed by atoms with Crippen LogP contribution in [0, 0.1) is 5.41 Å². The van der Waals surface area contributed by atoms with E-state index in [9.17, 15) is 9.59 Å². The molecule has 0 aromatic carbocycles. The van der Waals surface area contributed by atoms with Gasteiger partial charge in [-0.1, -0.05) is 34.6 Å². The summed E-state index contributed by atoms with van der Waals surface area (Å²) in [5.41, 5.74) is -0.308. The van der Waals surface area contributed by atoms with E-state index in [4.69, 9.17) is 5.11 Å². The highest BCUT2D eigenvalue weighted by molar-refractivity contribution is 5.76. The Kier molecular flexibility index (Phi) is 8.32. The molecule has 6 nitrogen and oxygen atoms in total. The van der Waals surface area contributed by atoms with Crippen LogP contribution in [-0.2, 0) is 4.79 Å². The average molecular weight is 301 g/mol. The zero-order chi connectivity index (χ0) is 16.6. The molecular formula is C15H31N3O3. The zero-order valence-electron chi connectivity index (χ0n) is 14.2. The lowest BCUT2D eigenvalue weighted by Crippen LogP contribution is -2.52. The fraction of sp³-hybridized carbons (Fsp3) is 0.867. The molecule has 0 spiro atoms. The van der Waals surface area contributed by atoms with E-state index in [2.05, 4.69) is 29.4 Å². The van der Waals surface area contributed by atoms with E-state index in [1.807, 2.05) is 27.7 Å². The van der Waals surface area contributed by atoms with Gasteiger partial charge in [-0.2, -0.15) is 0 Å². The van der Waals surface area contributed by atoms with Crippen molar-refractivity contribution in [3.8, 4) is 0 Å². The Morgan fingerprint density at radius 1 is 1.14 bits per heavy atom. The third kappa shape index (κ3) is 8.55. The number of carbonyl (C=O) groups is 2. The van der Waals surface area contributed by atoms with Crippen molar-refractivity contribution in [2.75, 3.05) is 19.6 Å². The molecule has 3 N–H and O–H groups in total. The lowest BCUT2D eigenvalue weighted by Gasteiger charge is -2.31. The number of urea groups is 1. The number of nitrogens with zero attached hydrogens (tertiary/aromatic N) is 1. The third-order valence-electron chi connectivity index (χ3n) is 3.53. The van der Waals surface area contributed by atoms with Crippen LogP contribution < -0.4 is 10.6 Å². The van der Waals surface area contributed by atoms with Gasteiger partial charge in [0, 0.05) is 18.6 Å². The Morgan fingerprint density at radius 3 is 2.05 bits per heavy atom. The van der Waals surface area contributed by atoms with Gasteiger partial charge in [0.25, 0.3) is 0 Å². The number of aliphatic carboxylic acids is 1. The highest BCUT2D eigenvalue weighted by atomic mass is 16.4. The molecule has 2 unspecified atom stereocenters. The topological polar surface area (TPSA) is 81.7 Å². The predicted octanol–water partition coefficient (Wildman–Crippen LogP) is 1.91. The monoisotopic (exact) mass is 301 g/mol. The number of hydrogen-bond donors (Lipinski definition) is 3. The first kappa shape index (κ1) is 19.7. The van der Waals surface area contributed by atoms with Crippen LogP contribution in [0.5, 0.6) is 0 Å². The fourth-order valence-electron chi connectivity index (χ4n) is 2.09. The van der Waals surface area contributed by atoms with Gasteiger partial charge in [0.15, 0.2) is 0 Å². The molecule has 2 atom stereocenters. The quantitative estimate of drug-likeness (QED) is 0.639. The summed E-state index contributed by atoms with van der Waals surface area (Å²) in [6, 6.07) is -0.707. The molecule has 0 aliphatic rings. The van der Waals surface area contributed by atoms with Gasteiger partial charge in [0.1, 0.15) is 0 Å². The molecule has 0 rings (SSSR count). The van der Waals surface area contributed by atoms with E-state index in [-0.39, 0.29) is 23.9 Å². The van der Waals surface area contributed by atoms with Crippen molar-refractivity contribution in [2.45, 2.75) is 60.0 Å². The number of carbonyl (C=O) groups excluding carboxylic acids is 1. The van der Waals surface area contributed by atoms with Crippen LogP contribution in [0.3, 0.4) is 0 Å². The van der Waals surface area contributed by atoms with Crippen LogP contribution in [0.15, 0.2) is 0 Å². The minimum atomic E-state index is -0.911. The van der Waals surface area contributed by atoms with Crippen LogP contribution in [0.4, 0.5) is 4.79 Å². The molecule has 0 heterocycles. The Hall–Kier alpha value is -1.30. The number of carboxylic acids is 1. The minimum Gasteiger partial charge on any atom is -0.481 e. The molecular weight excluding hydrogens is 270 g/mol. The molecule has 0 bridgehead atoms. The molecule has 0 fully saturated rings. The molecule has 6 heteroatoms. The van der Waals surface area contributed by atoms with Crippen molar-refractivity contribution in [3.63, 3.8) is 0 Å². The number of hydrogen-bond acceptors (Lipinski definition) is 3. The lowest BCUT2D eigenvalue weighted by atomic mass is 9.85. The minimum absolute atomic E-state index is 0.00958. The Bertz CT molecular complexity index is 336. The van der Waals surface area contributed by atoms with Crippen molar-refractivity contribution in [1.29, 1.82) is 0 Å². The normalized spacial score (nSPS) is 14.6. The SMILES string of the molecule is CCN(CC)CC(C)NC(=O)NC(CC(=O)O)C(C)(C)C. The van der Waals surface area contributed by atoms with Gasteiger partial charge < -0.3 is 20.6 Å². The van der Waals surface area contributed by atoms with Crippen molar-refractivity contribution in [3.05, 3.63) is 0 Å². The summed E-state index contributed by atoms with van der Waals surface area (Å²) in [6.07, 6.45) is -0.0820. The maximum atomic E-state index is 12.0. The lowest BCUT2D eigenvalue weighted by molar-refractivity contribution is -0.138. The van der Waals surface area contributed by atoms with E-state index in [0.717, 1.165) is 19.6 Å². The van der Waals surface area contributed by atoms with Crippen LogP contribution in [-0.4, -0.2) is 53.7 Å². The predicted molar refractivity (Wildman–Crippen MR) is 84.4 cm³/mol. The second-order valence-electron chi connectivity index (χ2n) is 6.52.